The smallest absolute Gasteiger partial charge is 0.251 e. The Morgan fingerprint density at radius 1 is 1.33 bits per heavy atom. The van der Waals surface area contributed by atoms with Crippen LogP contribution in [0.3, 0.4) is 0 Å². The molecule has 1 aromatic heterocycles. The van der Waals surface area contributed by atoms with Crippen molar-refractivity contribution >= 4 is 5.91 Å². The molecule has 1 aliphatic carbocycles. The first-order chi connectivity index (χ1) is 8.83. The molecular weight excluding hydrogens is 226 g/mol. The number of rotatable bonds is 4. The molecular formula is C14H19N3O. The lowest BCUT2D eigenvalue weighted by atomic mass is 10.1. The largest absolute Gasteiger partial charge is 0.352 e. The van der Waals surface area contributed by atoms with Crippen molar-refractivity contribution in [2.45, 2.75) is 25.3 Å². The number of aromatic nitrogens is 1. The van der Waals surface area contributed by atoms with Gasteiger partial charge in [-0.15, -0.1) is 0 Å². The van der Waals surface area contributed by atoms with Gasteiger partial charge in [-0.1, -0.05) is 0 Å². The number of nitrogens with one attached hydrogen (secondary N) is 1. The summed E-state index contributed by atoms with van der Waals surface area (Å²) in [5.74, 6) is 0.638. The van der Waals surface area contributed by atoms with Gasteiger partial charge in [0.15, 0.2) is 0 Å². The third-order valence-corrected chi connectivity index (χ3v) is 3.87. The molecule has 1 amide bonds. The summed E-state index contributed by atoms with van der Waals surface area (Å²) in [5.41, 5.74) is 0.696. The van der Waals surface area contributed by atoms with Gasteiger partial charge in [-0.3, -0.25) is 9.78 Å². The zero-order valence-electron chi connectivity index (χ0n) is 10.5. The normalized spacial score (nSPS) is 24.1. The van der Waals surface area contributed by atoms with Crippen LogP contribution in [-0.2, 0) is 0 Å². The van der Waals surface area contributed by atoms with Crippen LogP contribution >= 0.6 is 0 Å². The molecule has 2 aliphatic rings. The fraction of sp³-hybridized carbons (Fsp3) is 0.571. The molecule has 4 nitrogen and oxygen atoms in total. The molecule has 1 aromatic rings. The molecule has 0 radical (unpaired) electrons. The number of likely N-dealkylation sites (tertiary alicyclic amines) is 1. The summed E-state index contributed by atoms with van der Waals surface area (Å²) in [7, 11) is 0. The summed E-state index contributed by atoms with van der Waals surface area (Å²) in [5, 5.41) is 3.03. The molecule has 0 spiro atoms. The molecule has 0 unspecified atom stereocenters. The molecule has 1 saturated carbocycles. The lowest BCUT2D eigenvalue weighted by molar-refractivity contribution is 0.0947. The van der Waals surface area contributed by atoms with Gasteiger partial charge in [-0.25, -0.2) is 0 Å². The van der Waals surface area contributed by atoms with E-state index in [4.69, 9.17) is 0 Å². The van der Waals surface area contributed by atoms with Gasteiger partial charge < -0.3 is 10.2 Å². The van der Waals surface area contributed by atoms with Crippen LogP contribution in [-0.4, -0.2) is 41.5 Å². The van der Waals surface area contributed by atoms with Gasteiger partial charge in [0.25, 0.3) is 5.91 Å². The first-order valence-electron chi connectivity index (χ1n) is 6.75. The number of amides is 1. The molecule has 2 heterocycles. The third-order valence-electron chi connectivity index (χ3n) is 3.87. The van der Waals surface area contributed by atoms with Crippen molar-refractivity contribution in [2.24, 2.45) is 5.92 Å². The van der Waals surface area contributed by atoms with E-state index in [1.165, 1.54) is 25.8 Å². The van der Waals surface area contributed by atoms with Crippen LogP contribution in [0.5, 0.6) is 0 Å². The van der Waals surface area contributed by atoms with Gasteiger partial charge in [0.2, 0.25) is 0 Å². The number of hydrogen-bond acceptors (Lipinski definition) is 3. The van der Waals surface area contributed by atoms with E-state index >= 15 is 0 Å². The van der Waals surface area contributed by atoms with Crippen LogP contribution in [0.15, 0.2) is 24.5 Å². The fourth-order valence-corrected chi connectivity index (χ4v) is 2.64. The Labute approximate surface area is 107 Å². The van der Waals surface area contributed by atoms with Crippen LogP contribution in [0.1, 0.15) is 29.6 Å². The second-order valence-electron chi connectivity index (χ2n) is 5.33. The minimum Gasteiger partial charge on any atom is -0.352 e. The SMILES string of the molecule is O=C(NC[C@@H]1CCN(C2CC2)C1)c1ccncc1. The summed E-state index contributed by atoms with van der Waals surface area (Å²) in [6, 6.07) is 4.35. The molecule has 4 heteroatoms. The van der Waals surface area contributed by atoms with Crippen LogP contribution < -0.4 is 5.32 Å². The standard InChI is InChI=1S/C14H19N3O/c18-14(12-3-6-15-7-4-12)16-9-11-5-8-17(10-11)13-1-2-13/h3-4,6-7,11,13H,1-2,5,8-10H2,(H,16,18)/t11-/m0/s1. The highest BCUT2D eigenvalue weighted by molar-refractivity contribution is 5.93. The summed E-state index contributed by atoms with van der Waals surface area (Å²) in [6.45, 7) is 3.16. The lowest BCUT2D eigenvalue weighted by Gasteiger charge is -2.15. The zero-order chi connectivity index (χ0) is 12.4. The number of hydrogen-bond donors (Lipinski definition) is 1. The molecule has 96 valence electrons. The van der Waals surface area contributed by atoms with Crippen LogP contribution in [0.4, 0.5) is 0 Å². The number of carbonyl (C=O) groups excluding carboxylic acids is 1. The second-order valence-corrected chi connectivity index (χ2v) is 5.33. The number of nitrogens with zero attached hydrogens (tertiary/aromatic N) is 2. The Balaban J connectivity index is 1.45. The Morgan fingerprint density at radius 2 is 2.11 bits per heavy atom. The van der Waals surface area contributed by atoms with E-state index in [1.54, 1.807) is 24.5 Å². The average molecular weight is 245 g/mol. The Kier molecular flexibility index (Phi) is 3.28. The van der Waals surface area contributed by atoms with E-state index < -0.39 is 0 Å². The Morgan fingerprint density at radius 3 is 2.83 bits per heavy atom. The maximum absolute atomic E-state index is 11.9. The van der Waals surface area contributed by atoms with Crippen LogP contribution in [0.2, 0.25) is 0 Å². The Bertz CT molecular complexity index is 416. The van der Waals surface area contributed by atoms with Crippen molar-refractivity contribution in [1.29, 1.82) is 0 Å². The van der Waals surface area contributed by atoms with Gasteiger partial charge in [0.05, 0.1) is 0 Å². The second kappa shape index (κ2) is 5.06. The molecule has 1 N–H and O–H groups in total. The van der Waals surface area contributed by atoms with Crippen molar-refractivity contribution in [3.8, 4) is 0 Å². The maximum Gasteiger partial charge on any atom is 0.251 e. The van der Waals surface area contributed by atoms with Crippen molar-refractivity contribution in [2.75, 3.05) is 19.6 Å². The zero-order valence-corrected chi connectivity index (χ0v) is 10.5. The minimum atomic E-state index is 0.0160. The third kappa shape index (κ3) is 2.70. The molecule has 18 heavy (non-hydrogen) atoms. The van der Waals surface area contributed by atoms with E-state index in [0.29, 0.717) is 11.5 Å². The van der Waals surface area contributed by atoms with Gasteiger partial charge in [0, 0.05) is 37.1 Å². The highest BCUT2D eigenvalue weighted by atomic mass is 16.1. The van der Waals surface area contributed by atoms with Crippen molar-refractivity contribution in [1.82, 2.24) is 15.2 Å². The Hall–Kier alpha value is -1.42. The average Bonchev–Trinajstić information content (AvgIpc) is 3.16. The fourth-order valence-electron chi connectivity index (χ4n) is 2.64. The molecule has 3 rings (SSSR count). The van der Waals surface area contributed by atoms with Gasteiger partial charge in [-0.2, -0.15) is 0 Å². The molecule has 0 aromatic carbocycles. The van der Waals surface area contributed by atoms with Crippen LogP contribution in [0.25, 0.3) is 0 Å². The van der Waals surface area contributed by atoms with E-state index in [9.17, 15) is 4.79 Å². The van der Waals surface area contributed by atoms with E-state index in [0.717, 1.165) is 19.1 Å². The molecule has 1 atom stereocenters. The van der Waals surface area contributed by atoms with Crippen molar-refractivity contribution in [3.63, 3.8) is 0 Å². The molecule has 0 bridgehead atoms. The summed E-state index contributed by atoms with van der Waals surface area (Å²) < 4.78 is 0. The molecule has 1 saturated heterocycles. The van der Waals surface area contributed by atoms with Gasteiger partial charge in [0.1, 0.15) is 0 Å². The number of pyridine rings is 1. The minimum absolute atomic E-state index is 0.0160. The molecule has 1 aliphatic heterocycles. The highest BCUT2D eigenvalue weighted by Crippen LogP contribution is 2.31. The maximum atomic E-state index is 11.9. The van der Waals surface area contributed by atoms with E-state index in [-0.39, 0.29) is 5.91 Å². The monoisotopic (exact) mass is 245 g/mol. The predicted octanol–water partition coefficient (Wildman–Crippen LogP) is 1.30. The van der Waals surface area contributed by atoms with Crippen molar-refractivity contribution in [3.05, 3.63) is 30.1 Å². The van der Waals surface area contributed by atoms with E-state index in [1.807, 2.05) is 0 Å². The topological polar surface area (TPSA) is 45.2 Å². The van der Waals surface area contributed by atoms with Gasteiger partial charge >= 0.3 is 0 Å². The first-order valence-corrected chi connectivity index (χ1v) is 6.75. The quantitative estimate of drug-likeness (QED) is 0.869. The molecule has 2 fully saturated rings. The van der Waals surface area contributed by atoms with Crippen LogP contribution in [0, 0.1) is 5.92 Å². The summed E-state index contributed by atoms with van der Waals surface area (Å²) >= 11 is 0. The highest BCUT2D eigenvalue weighted by Gasteiger charge is 2.34. The van der Waals surface area contributed by atoms with Crippen molar-refractivity contribution < 1.29 is 4.79 Å². The van der Waals surface area contributed by atoms with E-state index in [2.05, 4.69) is 15.2 Å². The lowest BCUT2D eigenvalue weighted by Crippen LogP contribution is -2.31. The summed E-state index contributed by atoms with van der Waals surface area (Å²) in [6.07, 6.45) is 7.26. The summed E-state index contributed by atoms with van der Waals surface area (Å²) in [4.78, 5) is 18.4. The first kappa shape index (κ1) is 11.7. The predicted molar refractivity (Wildman–Crippen MR) is 69.3 cm³/mol. The number of carbonyl (C=O) groups is 1. The van der Waals surface area contributed by atoms with Gasteiger partial charge in [-0.05, 0) is 43.9 Å².